The first-order chi connectivity index (χ1) is 11.7. The number of hydrogen-bond donors (Lipinski definition) is 2. The largest absolute Gasteiger partial charge is 0.322 e. The predicted octanol–water partition coefficient (Wildman–Crippen LogP) is 4.18. The summed E-state index contributed by atoms with van der Waals surface area (Å²) in [5.41, 5.74) is 0.636. The van der Waals surface area contributed by atoms with Crippen LogP contribution in [0, 0.1) is 5.92 Å². The first-order valence-electron chi connectivity index (χ1n) is 7.54. The molecule has 0 aliphatic carbocycles. The molecule has 0 spiro atoms. The lowest BCUT2D eigenvalue weighted by Gasteiger charge is -2.10. The molecule has 25 heavy (non-hydrogen) atoms. The van der Waals surface area contributed by atoms with E-state index < -0.39 is 15.9 Å². The molecule has 0 fully saturated rings. The van der Waals surface area contributed by atoms with E-state index in [0.717, 1.165) is 0 Å². The molecule has 1 amide bonds. The summed E-state index contributed by atoms with van der Waals surface area (Å²) in [5.74, 6) is -0.284. The molecule has 0 aliphatic heterocycles. The Labute approximate surface area is 157 Å². The third-order valence-corrected chi connectivity index (χ3v) is 5.07. The Morgan fingerprint density at radius 2 is 1.72 bits per heavy atom. The minimum Gasteiger partial charge on any atom is -0.322 e. The maximum Gasteiger partial charge on any atom is 0.255 e. The molecule has 0 aromatic heterocycles. The van der Waals surface area contributed by atoms with Gasteiger partial charge in [0.2, 0.25) is 10.0 Å². The van der Waals surface area contributed by atoms with Crippen LogP contribution in [0.1, 0.15) is 24.2 Å². The van der Waals surface area contributed by atoms with Crippen LogP contribution in [0.5, 0.6) is 0 Å². The predicted molar refractivity (Wildman–Crippen MR) is 101 cm³/mol. The molecular formula is C17H18Cl2N2O3S. The number of hydrogen-bond acceptors (Lipinski definition) is 3. The molecule has 2 aromatic rings. The topological polar surface area (TPSA) is 75.3 Å². The molecule has 0 saturated carbocycles. The van der Waals surface area contributed by atoms with Gasteiger partial charge in [-0.3, -0.25) is 4.79 Å². The highest BCUT2D eigenvalue weighted by molar-refractivity contribution is 7.89. The Morgan fingerprint density at radius 3 is 2.32 bits per heavy atom. The lowest BCUT2D eigenvalue weighted by atomic mass is 10.2. The Bertz CT molecular complexity index is 863. The van der Waals surface area contributed by atoms with Crippen molar-refractivity contribution < 1.29 is 13.2 Å². The number of nitrogens with one attached hydrogen (secondary N) is 2. The minimum atomic E-state index is -3.67. The highest BCUT2D eigenvalue weighted by atomic mass is 35.5. The normalized spacial score (nSPS) is 11.6. The standard InChI is InChI=1S/C17H18Cl2N2O3S/c1-11(2)10-20-25(23,24)16-5-3-4-12(6-16)17(22)21-15-8-13(18)7-14(19)9-15/h3-9,11,20H,10H2,1-2H3,(H,21,22). The fourth-order valence-corrected chi connectivity index (χ4v) is 3.78. The van der Waals surface area contributed by atoms with Crippen molar-refractivity contribution in [2.75, 3.05) is 11.9 Å². The average Bonchev–Trinajstić information content (AvgIpc) is 2.52. The number of carbonyl (C=O) groups excluding carboxylic acids is 1. The molecule has 8 heteroatoms. The fourth-order valence-electron chi connectivity index (χ4n) is 1.99. The molecule has 2 rings (SSSR count). The number of carbonyl (C=O) groups is 1. The van der Waals surface area contributed by atoms with E-state index in [1.54, 1.807) is 18.2 Å². The summed E-state index contributed by atoms with van der Waals surface area (Å²) in [5, 5.41) is 3.42. The SMILES string of the molecule is CC(C)CNS(=O)(=O)c1cccc(C(=O)Nc2cc(Cl)cc(Cl)c2)c1. The second-order valence-electron chi connectivity index (χ2n) is 5.89. The van der Waals surface area contributed by atoms with Gasteiger partial charge in [-0.15, -0.1) is 0 Å². The van der Waals surface area contributed by atoms with Crippen LogP contribution in [0.25, 0.3) is 0 Å². The van der Waals surface area contributed by atoms with Crippen LogP contribution >= 0.6 is 23.2 Å². The lowest BCUT2D eigenvalue weighted by Crippen LogP contribution is -2.27. The van der Waals surface area contributed by atoms with Gasteiger partial charge in [-0.05, 0) is 42.3 Å². The van der Waals surface area contributed by atoms with Gasteiger partial charge in [0.05, 0.1) is 4.90 Å². The van der Waals surface area contributed by atoms with Gasteiger partial charge < -0.3 is 5.32 Å². The van der Waals surface area contributed by atoms with E-state index in [1.165, 1.54) is 24.3 Å². The van der Waals surface area contributed by atoms with Gasteiger partial charge in [0.15, 0.2) is 0 Å². The minimum absolute atomic E-state index is 0.0323. The van der Waals surface area contributed by atoms with Crippen LogP contribution in [-0.4, -0.2) is 20.9 Å². The maximum absolute atomic E-state index is 12.4. The van der Waals surface area contributed by atoms with E-state index >= 15 is 0 Å². The summed E-state index contributed by atoms with van der Waals surface area (Å²) in [6.45, 7) is 4.13. The number of rotatable bonds is 6. The Morgan fingerprint density at radius 1 is 1.08 bits per heavy atom. The molecule has 134 valence electrons. The van der Waals surface area contributed by atoms with Crippen LogP contribution < -0.4 is 10.0 Å². The van der Waals surface area contributed by atoms with Crippen LogP contribution in [0.3, 0.4) is 0 Å². The Balaban J connectivity index is 2.21. The summed E-state index contributed by atoms with van der Waals surface area (Å²) in [4.78, 5) is 12.4. The summed E-state index contributed by atoms with van der Waals surface area (Å²) in [6.07, 6.45) is 0. The Kier molecular flexibility index (Phi) is 6.46. The molecule has 5 nitrogen and oxygen atoms in total. The van der Waals surface area contributed by atoms with Crippen LogP contribution in [0.15, 0.2) is 47.4 Å². The number of benzene rings is 2. The van der Waals surface area contributed by atoms with Crippen LogP contribution in [0.4, 0.5) is 5.69 Å². The molecule has 2 aromatic carbocycles. The number of amides is 1. The van der Waals surface area contributed by atoms with Gasteiger partial charge in [0.1, 0.15) is 0 Å². The van der Waals surface area contributed by atoms with Crippen molar-refractivity contribution in [3.8, 4) is 0 Å². The second-order valence-corrected chi connectivity index (χ2v) is 8.53. The highest BCUT2D eigenvalue weighted by Crippen LogP contribution is 2.23. The van der Waals surface area contributed by atoms with Gasteiger partial charge in [0.25, 0.3) is 5.91 Å². The van der Waals surface area contributed by atoms with Gasteiger partial charge in [-0.2, -0.15) is 0 Å². The molecule has 0 aliphatic rings. The lowest BCUT2D eigenvalue weighted by molar-refractivity contribution is 0.102. The van der Waals surface area contributed by atoms with Crippen molar-refractivity contribution in [2.45, 2.75) is 18.7 Å². The third-order valence-electron chi connectivity index (χ3n) is 3.21. The molecule has 0 atom stereocenters. The van der Waals surface area contributed by atoms with Crippen molar-refractivity contribution in [3.63, 3.8) is 0 Å². The van der Waals surface area contributed by atoms with Crippen molar-refractivity contribution in [2.24, 2.45) is 5.92 Å². The van der Waals surface area contributed by atoms with Gasteiger partial charge in [0, 0.05) is 27.8 Å². The van der Waals surface area contributed by atoms with E-state index in [-0.39, 0.29) is 16.4 Å². The van der Waals surface area contributed by atoms with Gasteiger partial charge >= 0.3 is 0 Å². The van der Waals surface area contributed by atoms with E-state index in [0.29, 0.717) is 22.3 Å². The van der Waals surface area contributed by atoms with E-state index in [4.69, 9.17) is 23.2 Å². The number of anilines is 1. The first kappa shape index (κ1) is 19.7. The van der Waals surface area contributed by atoms with E-state index in [9.17, 15) is 13.2 Å². The van der Waals surface area contributed by atoms with E-state index in [2.05, 4.69) is 10.0 Å². The molecule has 0 bridgehead atoms. The second kappa shape index (κ2) is 8.19. The summed E-state index contributed by atoms with van der Waals surface area (Å²) >= 11 is 11.8. The van der Waals surface area contributed by atoms with E-state index in [1.807, 2.05) is 13.8 Å². The molecule has 0 radical (unpaired) electrons. The average molecular weight is 401 g/mol. The molecule has 0 unspecified atom stereocenters. The smallest absolute Gasteiger partial charge is 0.255 e. The molecule has 2 N–H and O–H groups in total. The quantitative estimate of drug-likeness (QED) is 0.763. The highest BCUT2D eigenvalue weighted by Gasteiger charge is 2.16. The monoisotopic (exact) mass is 400 g/mol. The zero-order valence-electron chi connectivity index (χ0n) is 13.7. The molecule has 0 heterocycles. The summed E-state index contributed by atoms with van der Waals surface area (Å²) in [7, 11) is -3.67. The maximum atomic E-state index is 12.4. The number of halogens is 2. The summed E-state index contributed by atoms with van der Waals surface area (Å²) in [6, 6.07) is 10.5. The molecule has 0 saturated heterocycles. The zero-order valence-corrected chi connectivity index (χ0v) is 16.0. The first-order valence-corrected chi connectivity index (χ1v) is 9.78. The van der Waals surface area contributed by atoms with Crippen molar-refractivity contribution in [1.82, 2.24) is 4.72 Å². The number of sulfonamides is 1. The Hall–Kier alpha value is -1.60. The van der Waals surface area contributed by atoms with Crippen molar-refractivity contribution in [3.05, 3.63) is 58.1 Å². The van der Waals surface area contributed by atoms with Gasteiger partial charge in [-0.25, -0.2) is 13.1 Å². The van der Waals surface area contributed by atoms with Crippen molar-refractivity contribution in [1.29, 1.82) is 0 Å². The third kappa shape index (κ3) is 5.71. The van der Waals surface area contributed by atoms with Crippen LogP contribution in [-0.2, 0) is 10.0 Å². The fraction of sp³-hybridized carbons (Fsp3) is 0.235. The summed E-state index contributed by atoms with van der Waals surface area (Å²) < 4.78 is 27.1. The van der Waals surface area contributed by atoms with Crippen LogP contribution in [0.2, 0.25) is 10.0 Å². The molecular weight excluding hydrogens is 383 g/mol. The zero-order chi connectivity index (χ0) is 18.6. The van der Waals surface area contributed by atoms with Crippen molar-refractivity contribution >= 4 is 44.8 Å². The van der Waals surface area contributed by atoms with Gasteiger partial charge in [-0.1, -0.05) is 43.1 Å².